The van der Waals surface area contributed by atoms with Crippen molar-refractivity contribution in [3.8, 4) is 0 Å². The predicted molar refractivity (Wildman–Crippen MR) is 99.2 cm³/mol. The topological polar surface area (TPSA) is 78.5 Å². The number of hydrogen-bond acceptors (Lipinski definition) is 4. The minimum absolute atomic E-state index is 0.0358. The Kier molecular flexibility index (Phi) is 6.04. The number of likely N-dealkylation sites (tertiary alicyclic amines) is 1. The van der Waals surface area contributed by atoms with Gasteiger partial charge in [0.1, 0.15) is 0 Å². The van der Waals surface area contributed by atoms with Gasteiger partial charge in [-0.3, -0.25) is 19.3 Å². The highest BCUT2D eigenvalue weighted by molar-refractivity contribution is 6.01. The van der Waals surface area contributed by atoms with Gasteiger partial charge in [0.05, 0.1) is 6.54 Å². The highest BCUT2D eigenvalue weighted by Gasteiger charge is 2.28. The fourth-order valence-electron chi connectivity index (χ4n) is 3.76. The van der Waals surface area contributed by atoms with Crippen LogP contribution in [0.2, 0.25) is 0 Å². The van der Waals surface area contributed by atoms with Crippen LogP contribution in [-0.4, -0.2) is 35.7 Å². The van der Waals surface area contributed by atoms with Crippen LogP contribution in [0.3, 0.4) is 0 Å². The summed E-state index contributed by atoms with van der Waals surface area (Å²) in [6.07, 6.45) is 3.42. The summed E-state index contributed by atoms with van der Waals surface area (Å²) in [4.78, 5) is 36.9. The summed E-state index contributed by atoms with van der Waals surface area (Å²) in [5, 5.41) is 6.30. The quantitative estimate of drug-likeness (QED) is 0.766. The fraction of sp³-hybridized carbons (Fsp3) is 0.550. The molecular formula is C20H27N3O3. The summed E-state index contributed by atoms with van der Waals surface area (Å²) < 4.78 is 0. The highest BCUT2D eigenvalue weighted by atomic mass is 16.2. The number of rotatable bonds is 6. The fourth-order valence-corrected chi connectivity index (χ4v) is 3.76. The van der Waals surface area contributed by atoms with Crippen molar-refractivity contribution in [3.05, 3.63) is 29.8 Å². The zero-order valence-corrected chi connectivity index (χ0v) is 15.3. The Labute approximate surface area is 154 Å². The molecule has 2 aliphatic rings. The van der Waals surface area contributed by atoms with Crippen LogP contribution < -0.4 is 10.6 Å². The molecule has 2 heterocycles. The highest BCUT2D eigenvalue weighted by Crippen LogP contribution is 2.25. The van der Waals surface area contributed by atoms with E-state index >= 15 is 0 Å². The third-order valence-corrected chi connectivity index (χ3v) is 5.43. The van der Waals surface area contributed by atoms with E-state index in [-0.39, 0.29) is 17.7 Å². The lowest BCUT2D eigenvalue weighted by Gasteiger charge is -2.27. The van der Waals surface area contributed by atoms with E-state index in [0.29, 0.717) is 37.6 Å². The van der Waals surface area contributed by atoms with Gasteiger partial charge in [0.2, 0.25) is 17.7 Å². The van der Waals surface area contributed by atoms with Crippen molar-refractivity contribution in [1.29, 1.82) is 0 Å². The first-order valence-electron chi connectivity index (χ1n) is 9.45. The molecule has 6 heteroatoms. The van der Waals surface area contributed by atoms with E-state index in [1.54, 1.807) is 0 Å². The summed E-state index contributed by atoms with van der Waals surface area (Å²) in [6, 6.07) is 7.36. The Morgan fingerprint density at radius 2 is 1.77 bits per heavy atom. The van der Waals surface area contributed by atoms with Crippen molar-refractivity contribution in [2.45, 2.75) is 45.6 Å². The van der Waals surface area contributed by atoms with Crippen molar-refractivity contribution >= 4 is 23.4 Å². The van der Waals surface area contributed by atoms with Crippen LogP contribution in [0.5, 0.6) is 0 Å². The smallest absolute Gasteiger partial charge is 0.229 e. The molecule has 0 aliphatic carbocycles. The molecule has 6 nitrogen and oxygen atoms in total. The van der Waals surface area contributed by atoms with E-state index in [1.165, 1.54) is 4.90 Å². The maximum atomic E-state index is 12.3. The molecule has 140 valence electrons. The summed E-state index contributed by atoms with van der Waals surface area (Å²) in [5.74, 6) is 0.802. The van der Waals surface area contributed by atoms with Gasteiger partial charge in [0.15, 0.2) is 0 Å². The Bertz CT molecular complexity index is 649. The van der Waals surface area contributed by atoms with Gasteiger partial charge in [-0.05, 0) is 55.5 Å². The number of nitrogens with one attached hydrogen (secondary N) is 2. The van der Waals surface area contributed by atoms with Crippen LogP contribution in [0.1, 0.15) is 44.6 Å². The molecule has 3 rings (SSSR count). The van der Waals surface area contributed by atoms with Crippen LogP contribution >= 0.6 is 0 Å². The Balaban J connectivity index is 1.49. The molecule has 1 aromatic carbocycles. The third kappa shape index (κ3) is 4.69. The second-order valence-corrected chi connectivity index (χ2v) is 7.39. The lowest BCUT2D eigenvalue weighted by molar-refractivity contribution is -0.139. The number of amides is 3. The molecule has 0 saturated carbocycles. The number of hydrogen-bond donors (Lipinski definition) is 2. The average molecular weight is 357 g/mol. The van der Waals surface area contributed by atoms with Crippen molar-refractivity contribution in [1.82, 2.24) is 10.2 Å². The Hall–Kier alpha value is -2.21. The first-order valence-corrected chi connectivity index (χ1v) is 9.45. The molecule has 0 bridgehead atoms. The minimum Gasteiger partial charge on any atom is -0.326 e. The molecule has 2 N–H and O–H groups in total. The number of carbonyl (C=O) groups is 3. The predicted octanol–water partition coefficient (Wildman–Crippen LogP) is 2.30. The van der Waals surface area contributed by atoms with Crippen LogP contribution in [0.4, 0.5) is 5.69 Å². The number of nitrogens with zero attached hydrogens (tertiary/aromatic N) is 1. The largest absolute Gasteiger partial charge is 0.326 e. The molecule has 2 fully saturated rings. The summed E-state index contributed by atoms with van der Waals surface area (Å²) >= 11 is 0. The van der Waals surface area contributed by atoms with Gasteiger partial charge in [-0.1, -0.05) is 19.1 Å². The maximum absolute atomic E-state index is 12.3. The third-order valence-electron chi connectivity index (χ3n) is 5.43. The lowest BCUT2D eigenvalue weighted by atomic mass is 9.84. The number of imide groups is 1. The van der Waals surface area contributed by atoms with E-state index in [1.807, 2.05) is 24.3 Å². The molecule has 0 spiro atoms. The van der Waals surface area contributed by atoms with Gasteiger partial charge >= 0.3 is 0 Å². The van der Waals surface area contributed by atoms with Gasteiger partial charge < -0.3 is 10.6 Å². The van der Waals surface area contributed by atoms with E-state index in [9.17, 15) is 14.4 Å². The van der Waals surface area contributed by atoms with Crippen LogP contribution in [0.15, 0.2) is 24.3 Å². The number of anilines is 1. The molecule has 1 unspecified atom stereocenters. The summed E-state index contributed by atoms with van der Waals surface area (Å²) in [6.45, 7) is 4.54. The molecule has 26 heavy (non-hydrogen) atoms. The SMILES string of the molecule is CC(CC(=O)Nc1ccc(CN2C(=O)CCC2=O)cc1)C1CCNCC1. The van der Waals surface area contributed by atoms with Crippen molar-refractivity contribution in [2.24, 2.45) is 11.8 Å². The van der Waals surface area contributed by atoms with Gasteiger partial charge in [0, 0.05) is 24.9 Å². The molecule has 0 aromatic heterocycles. The second-order valence-electron chi connectivity index (χ2n) is 7.39. The van der Waals surface area contributed by atoms with Gasteiger partial charge in [-0.2, -0.15) is 0 Å². The second kappa shape index (κ2) is 8.45. The van der Waals surface area contributed by atoms with Crippen molar-refractivity contribution in [2.75, 3.05) is 18.4 Å². The zero-order valence-electron chi connectivity index (χ0n) is 15.3. The normalized spacial score (nSPS) is 19.7. The van der Waals surface area contributed by atoms with E-state index in [2.05, 4.69) is 17.6 Å². The molecular weight excluding hydrogens is 330 g/mol. The summed E-state index contributed by atoms with van der Waals surface area (Å²) in [7, 11) is 0. The summed E-state index contributed by atoms with van der Waals surface area (Å²) in [5.41, 5.74) is 1.63. The van der Waals surface area contributed by atoms with Gasteiger partial charge in [-0.25, -0.2) is 0 Å². The van der Waals surface area contributed by atoms with E-state index < -0.39 is 0 Å². The molecule has 3 amide bonds. The van der Waals surface area contributed by atoms with Gasteiger partial charge in [0.25, 0.3) is 0 Å². The monoisotopic (exact) mass is 357 g/mol. The zero-order chi connectivity index (χ0) is 18.5. The first kappa shape index (κ1) is 18.6. The van der Waals surface area contributed by atoms with Crippen molar-refractivity contribution < 1.29 is 14.4 Å². The molecule has 0 radical (unpaired) electrons. The number of piperidine rings is 1. The van der Waals surface area contributed by atoms with Crippen LogP contribution in [-0.2, 0) is 20.9 Å². The Morgan fingerprint density at radius 1 is 1.15 bits per heavy atom. The minimum atomic E-state index is -0.112. The van der Waals surface area contributed by atoms with Crippen LogP contribution in [0.25, 0.3) is 0 Å². The molecule has 1 atom stereocenters. The average Bonchev–Trinajstić information content (AvgIpc) is 2.96. The number of benzene rings is 1. The standard InChI is InChI=1S/C20H27N3O3/c1-14(16-8-10-21-11-9-16)12-18(24)22-17-4-2-15(3-5-17)13-23-19(25)6-7-20(23)26/h2-5,14,16,21H,6-13H2,1H3,(H,22,24). The van der Waals surface area contributed by atoms with Crippen molar-refractivity contribution in [3.63, 3.8) is 0 Å². The van der Waals surface area contributed by atoms with Crippen LogP contribution in [0, 0.1) is 11.8 Å². The van der Waals surface area contributed by atoms with E-state index in [0.717, 1.165) is 37.2 Å². The Morgan fingerprint density at radius 3 is 2.38 bits per heavy atom. The molecule has 1 aromatic rings. The van der Waals surface area contributed by atoms with E-state index in [4.69, 9.17) is 0 Å². The lowest BCUT2D eigenvalue weighted by Crippen LogP contribution is -2.32. The first-order chi connectivity index (χ1) is 12.5. The van der Waals surface area contributed by atoms with Gasteiger partial charge in [-0.15, -0.1) is 0 Å². The maximum Gasteiger partial charge on any atom is 0.229 e. The molecule has 2 saturated heterocycles. The molecule has 2 aliphatic heterocycles. The number of carbonyl (C=O) groups excluding carboxylic acids is 3.